The maximum absolute atomic E-state index is 12.0. The van der Waals surface area contributed by atoms with Crippen LogP contribution in [0.4, 0.5) is 0 Å². The summed E-state index contributed by atoms with van der Waals surface area (Å²) < 4.78 is 0. The molecule has 0 radical (unpaired) electrons. The molecule has 1 aromatic heterocycles. The molecule has 18 heavy (non-hydrogen) atoms. The standard InChI is InChI=1S/C12H17N3O2S/c1-15(7-10(16)14-8-4-5-8)12(17)11(13)9-3-2-6-18-9/h2-3,6,8,11H,4-5,7,13H2,1H3,(H,14,16). The predicted molar refractivity (Wildman–Crippen MR) is 70.0 cm³/mol. The largest absolute Gasteiger partial charge is 0.352 e. The van der Waals surface area contributed by atoms with Crippen molar-refractivity contribution in [1.29, 1.82) is 0 Å². The van der Waals surface area contributed by atoms with E-state index in [2.05, 4.69) is 5.32 Å². The van der Waals surface area contributed by atoms with E-state index in [9.17, 15) is 9.59 Å². The monoisotopic (exact) mass is 267 g/mol. The fraction of sp³-hybridized carbons (Fsp3) is 0.500. The smallest absolute Gasteiger partial charge is 0.245 e. The Bertz CT molecular complexity index is 429. The van der Waals surface area contributed by atoms with Gasteiger partial charge in [-0.15, -0.1) is 11.3 Å². The highest BCUT2D eigenvalue weighted by Crippen LogP contribution is 2.19. The van der Waals surface area contributed by atoms with Crippen molar-refractivity contribution in [3.05, 3.63) is 22.4 Å². The van der Waals surface area contributed by atoms with Gasteiger partial charge in [0.05, 0.1) is 6.54 Å². The van der Waals surface area contributed by atoms with Gasteiger partial charge in [-0.3, -0.25) is 9.59 Å². The molecule has 1 aliphatic rings. The third-order valence-corrected chi connectivity index (χ3v) is 3.77. The molecule has 0 aliphatic heterocycles. The lowest BCUT2D eigenvalue weighted by Crippen LogP contribution is -2.42. The number of hydrogen-bond acceptors (Lipinski definition) is 4. The van der Waals surface area contributed by atoms with E-state index in [0.29, 0.717) is 6.04 Å². The third-order valence-electron chi connectivity index (χ3n) is 2.82. The second-order valence-corrected chi connectivity index (χ2v) is 5.51. The zero-order chi connectivity index (χ0) is 13.1. The summed E-state index contributed by atoms with van der Waals surface area (Å²) in [5, 5.41) is 4.72. The average molecular weight is 267 g/mol. The van der Waals surface area contributed by atoms with Crippen molar-refractivity contribution in [3.8, 4) is 0 Å². The first kappa shape index (κ1) is 13.0. The highest BCUT2D eigenvalue weighted by molar-refractivity contribution is 7.10. The number of carbonyl (C=O) groups excluding carboxylic acids is 2. The molecule has 1 aliphatic carbocycles. The molecule has 1 fully saturated rings. The summed E-state index contributed by atoms with van der Waals surface area (Å²) in [5.41, 5.74) is 5.86. The Hall–Kier alpha value is -1.40. The molecule has 0 saturated heterocycles. The second kappa shape index (κ2) is 5.49. The zero-order valence-corrected chi connectivity index (χ0v) is 11.1. The van der Waals surface area contributed by atoms with E-state index in [1.54, 1.807) is 7.05 Å². The first-order valence-corrected chi connectivity index (χ1v) is 6.79. The van der Waals surface area contributed by atoms with Gasteiger partial charge in [0.1, 0.15) is 6.04 Å². The Kier molecular flexibility index (Phi) is 3.98. The third kappa shape index (κ3) is 3.30. The Morgan fingerprint density at radius 3 is 2.89 bits per heavy atom. The van der Waals surface area contributed by atoms with E-state index >= 15 is 0 Å². The van der Waals surface area contributed by atoms with Crippen molar-refractivity contribution in [2.75, 3.05) is 13.6 Å². The lowest BCUT2D eigenvalue weighted by atomic mass is 10.2. The van der Waals surface area contributed by atoms with Crippen LogP contribution in [0.25, 0.3) is 0 Å². The Balaban J connectivity index is 1.85. The zero-order valence-electron chi connectivity index (χ0n) is 10.3. The van der Waals surface area contributed by atoms with E-state index in [1.807, 2.05) is 17.5 Å². The van der Waals surface area contributed by atoms with Gasteiger partial charge in [-0.1, -0.05) is 6.07 Å². The lowest BCUT2D eigenvalue weighted by molar-refractivity contribution is -0.135. The van der Waals surface area contributed by atoms with Crippen LogP contribution < -0.4 is 11.1 Å². The molecule has 5 nitrogen and oxygen atoms in total. The molecule has 2 rings (SSSR count). The summed E-state index contributed by atoms with van der Waals surface area (Å²) >= 11 is 1.44. The van der Waals surface area contributed by atoms with Crippen LogP contribution in [0.3, 0.4) is 0 Å². The summed E-state index contributed by atoms with van der Waals surface area (Å²) in [6.45, 7) is 0.0639. The van der Waals surface area contributed by atoms with E-state index in [0.717, 1.165) is 17.7 Å². The van der Waals surface area contributed by atoms with Crippen molar-refractivity contribution in [2.45, 2.75) is 24.9 Å². The number of nitrogens with zero attached hydrogens (tertiary/aromatic N) is 1. The molecule has 0 aromatic carbocycles. The van der Waals surface area contributed by atoms with Gasteiger partial charge < -0.3 is 16.0 Å². The van der Waals surface area contributed by atoms with Crippen molar-refractivity contribution in [2.24, 2.45) is 5.73 Å². The molecular weight excluding hydrogens is 250 g/mol. The summed E-state index contributed by atoms with van der Waals surface area (Å²) in [6, 6.07) is 3.31. The van der Waals surface area contributed by atoms with Gasteiger partial charge in [0.2, 0.25) is 11.8 Å². The van der Waals surface area contributed by atoms with E-state index in [4.69, 9.17) is 5.73 Å². The van der Waals surface area contributed by atoms with Crippen molar-refractivity contribution in [1.82, 2.24) is 10.2 Å². The van der Waals surface area contributed by atoms with Gasteiger partial charge in [-0.2, -0.15) is 0 Å². The normalized spacial score (nSPS) is 16.1. The van der Waals surface area contributed by atoms with Crippen molar-refractivity contribution < 1.29 is 9.59 Å². The van der Waals surface area contributed by atoms with E-state index < -0.39 is 6.04 Å². The molecule has 1 aromatic rings. The number of amides is 2. The van der Waals surface area contributed by atoms with Crippen LogP contribution in [0.15, 0.2) is 17.5 Å². The molecule has 1 atom stereocenters. The van der Waals surface area contributed by atoms with Crippen LogP contribution in [0, 0.1) is 0 Å². The molecule has 0 spiro atoms. The van der Waals surface area contributed by atoms with Gasteiger partial charge in [0.25, 0.3) is 0 Å². The minimum absolute atomic E-state index is 0.0639. The fourth-order valence-corrected chi connectivity index (χ4v) is 2.34. The molecule has 1 heterocycles. The molecule has 2 amide bonds. The molecule has 3 N–H and O–H groups in total. The highest BCUT2D eigenvalue weighted by atomic mass is 32.1. The van der Waals surface area contributed by atoms with Crippen LogP contribution >= 0.6 is 11.3 Å². The summed E-state index contributed by atoms with van der Waals surface area (Å²) in [6.07, 6.45) is 2.08. The predicted octanol–water partition coefficient (Wildman–Crippen LogP) is 0.485. The Morgan fingerprint density at radius 1 is 1.61 bits per heavy atom. The van der Waals surface area contributed by atoms with Crippen LogP contribution in [0.1, 0.15) is 23.8 Å². The van der Waals surface area contributed by atoms with Crippen molar-refractivity contribution in [3.63, 3.8) is 0 Å². The van der Waals surface area contributed by atoms with Crippen molar-refractivity contribution >= 4 is 23.2 Å². The summed E-state index contributed by atoms with van der Waals surface area (Å²) in [5.74, 6) is -0.352. The first-order chi connectivity index (χ1) is 8.58. The molecule has 1 saturated carbocycles. The number of hydrogen-bond donors (Lipinski definition) is 2. The SMILES string of the molecule is CN(CC(=O)NC1CC1)C(=O)C(N)c1cccs1. The molecule has 0 bridgehead atoms. The number of rotatable bonds is 5. The number of thiophene rings is 1. The average Bonchev–Trinajstić information content (AvgIpc) is 2.98. The molecular formula is C12H17N3O2S. The highest BCUT2D eigenvalue weighted by Gasteiger charge is 2.26. The first-order valence-electron chi connectivity index (χ1n) is 5.91. The lowest BCUT2D eigenvalue weighted by Gasteiger charge is -2.20. The summed E-state index contributed by atoms with van der Waals surface area (Å²) in [7, 11) is 1.60. The van der Waals surface area contributed by atoms with Crippen LogP contribution in [-0.2, 0) is 9.59 Å². The van der Waals surface area contributed by atoms with Crippen LogP contribution in [-0.4, -0.2) is 36.3 Å². The number of nitrogens with one attached hydrogen (secondary N) is 1. The van der Waals surface area contributed by atoms with Gasteiger partial charge in [-0.25, -0.2) is 0 Å². The molecule has 1 unspecified atom stereocenters. The Morgan fingerprint density at radius 2 is 2.33 bits per heavy atom. The van der Waals surface area contributed by atoms with Gasteiger partial charge >= 0.3 is 0 Å². The Labute approximate surface area is 110 Å². The maximum atomic E-state index is 12.0. The number of likely N-dealkylation sites (N-methyl/N-ethyl adjacent to an activating group) is 1. The van der Waals surface area contributed by atoms with Crippen LogP contribution in [0.2, 0.25) is 0 Å². The van der Waals surface area contributed by atoms with Gasteiger partial charge in [0.15, 0.2) is 0 Å². The van der Waals surface area contributed by atoms with E-state index in [1.165, 1.54) is 16.2 Å². The molecule has 6 heteroatoms. The van der Waals surface area contributed by atoms with Gasteiger partial charge in [0, 0.05) is 18.0 Å². The fourth-order valence-electron chi connectivity index (χ4n) is 1.62. The second-order valence-electron chi connectivity index (χ2n) is 4.53. The number of carbonyl (C=O) groups is 2. The van der Waals surface area contributed by atoms with Gasteiger partial charge in [-0.05, 0) is 24.3 Å². The minimum atomic E-state index is -0.677. The number of nitrogens with two attached hydrogens (primary N) is 1. The topological polar surface area (TPSA) is 75.4 Å². The summed E-state index contributed by atoms with van der Waals surface area (Å²) in [4.78, 5) is 25.8. The quantitative estimate of drug-likeness (QED) is 0.815. The maximum Gasteiger partial charge on any atom is 0.245 e. The minimum Gasteiger partial charge on any atom is -0.352 e. The van der Waals surface area contributed by atoms with E-state index in [-0.39, 0.29) is 18.4 Å². The van der Waals surface area contributed by atoms with Crippen LogP contribution in [0.5, 0.6) is 0 Å². The molecule has 98 valence electrons.